The molecule has 0 spiro atoms. The highest BCUT2D eigenvalue weighted by Crippen LogP contribution is 2.54. The van der Waals surface area contributed by atoms with Gasteiger partial charge in [0.1, 0.15) is 5.58 Å². The normalized spacial score (nSPS) is 18.4. The van der Waals surface area contributed by atoms with Crippen molar-refractivity contribution in [3.05, 3.63) is 142 Å². The fourth-order valence-corrected chi connectivity index (χ4v) is 13.8. The van der Waals surface area contributed by atoms with Crippen LogP contribution in [0.15, 0.2) is 108 Å². The molecule has 0 unspecified atom stereocenters. The second-order valence-corrected chi connectivity index (χ2v) is 31.2. The summed E-state index contributed by atoms with van der Waals surface area (Å²) >= 11 is 0. The Morgan fingerprint density at radius 3 is 1.74 bits per heavy atom. The number of hydrogen-bond acceptors (Lipinski definition) is 3. The minimum absolute atomic E-state index is 0.0178. The van der Waals surface area contributed by atoms with Crippen LogP contribution in [0.1, 0.15) is 141 Å². The van der Waals surface area contributed by atoms with Crippen LogP contribution in [0.4, 0.5) is 34.1 Å². The molecular formula is C63H73BN2OSi. The summed E-state index contributed by atoms with van der Waals surface area (Å²) in [5, 5.41) is 2.70. The summed E-state index contributed by atoms with van der Waals surface area (Å²) in [4.78, 5) is 5.25. The largest absolute Gasteiger partial charge is 0.468 e. The average Bonchev–Trinajstić information content (AvgIpc) is 3.64. The standard InChI is InChI=1S/C63H73BN2OSi/c1-38-17-25-50-52(31-38)66(51-26-20-41(59(3,4)5)34-44(51)40-18-22-43(23-19-40)68(14,15)16)54-33-39(2)32-53-56(54)64(50)58-57(45-36-48-49(37-55(45)67-58)63(12,13)30-29-62(48,10)11)65(53)42-21-24-46-47(35-42)61(8,9)28-27-60(46,6)7/h17-26,31-37H,27-30H2,1-16H3. The zero-order valence-corrected chi connectivity index (χ0v) is 45.0. The number of rotatable bonds is 4. The van der Waals surface area contributed by atoms with Gasteiger partial charge in [0.05, 0.1) is 25.1 Å². The summed E-state index contributed by atoms with van der Waals surface area (Å²) in [6.07, 6.45) is 4.67. The first-order valence-corrected chi connectivity index (χ1v) is 29.1. The molecule has 0 radical (unpaired) electrons. The minimum atomic E-state index is -1.51. The van der Waals surface area contributed by atoms with E-state index in [9.17, 15) is 0 Å². The number of furan rings is 1. The van der Waals surface area contributed by atoms with Crippen molar-refractivity contribution in [1.29, 1.82) is 0 Å². The zero-order valence-electron chi connectivity index (χ0n) is 44.0. The number of hydrogen-bond donors (Lipinski definition) is 0. The lowest BCUT2D eigenvalue weighted by molar-refractivity contribution is 0.332. The van der Waals surface area contributed by atoms with Gasteiger partial charge in [0.15, 0.2) is 0 Å². The van der Waals surface area contributed by atoms with Gasteiger partial charge in [0, 0.05) is 33.7 Å². The quantitative estimate of drug-likeness (QED) is 0.164. The molecule has 3 heterocycles. The average molecular weight is 913 g/mol. The Labute approximate surface area is 409 Å². The van der Waals surface area contributed by atoms with Crippen LogP contribution in [-0.4, -0.2) is 14.8 Å². The molecule has 0 amide bonds. The van der Waals surface area contributed by atoms with E-state index in [0.29, 0.717) is 0 Å². The first kappa shape index (κ1) is 45.2. The van der Waals surface area contributed by atoms with E-state index in [1.165, 1.54) is 112 Å². The summed E-state index contributed by atoms with van der Waals surface area (Å²) in [6.45, 7) is 38.3. The van der Waals surface area contributed by atoms with Crippen LogP contribution >= 0.6 is 0 Å². The van der Waals surface area contributed by atoms with Gasteiger partial charge in [0.25, 0.3) is 6.71 Å². The molecule has 4 aliphatic rings. The Balaban J connectivity index is 1.24. The molecule has 2 aliphatic heterocycles. The van der Waals surface area contributed by atoms with Gasteiger partial charge < -0.3 is 14.2 Å². The van der Waals surface area contributed by atoms with E-state index in [1.807, 2.05) is 0 Å². The summed E-state index contributed by atoms with van der Waals surface area (Å²) in [6, 6.07) is 41.4. The predicted molar refractivity (Wildman–Crippen MR) is 297 cm³/mol. The second-order valence-electron chi connectivity index (χ2n) is 26.2. The number of fused-ring (bicyclic) bond motifs is 8. The van der Waals surface area contributed by atoms with Gasteiger partial charge in [0.2, 0.25) is 0 Å². The fraction of sp³-hybridized carbons (Fsp3) is 0.397. The first-order chi connectivity index (χ1) is 31.7. The Morgan fingerprint density at radius 2 is 1.12 bits per heavy atom. The maximum atomic E-state index is 7.59. The van der Waals surface area contributed by atoms with Gasteiger partial charge in [-0.2, -0.15) is 0 Å². The molecule has 0 bridgehead atoms. The first-order valence-electron chi connectivity index (χ1n) is 25.6. The van der Waals surface area contributed by atoms with E-state index in [2.05, 4.69) is 223 Å². The fourth-order valence-electron chi connectivity index (χ4n) is 12.6. The smallest absolute Gasteiger partial charge is 0.297 e. The molecule has 68 heavy (non-hydrogen) atoms. The molecule has 6 aromatic carbocycles. The van der Waals surface area contributed by atoms with Crippen molar-refractivity contribution in [2.45, 2.75) is 162 Å². The van der Waals surface area contributed by atoms with E-state index in [1.54, 1.807) is 0 Å². The van der Waals surface area contributed by atoms with E-state index < -0.39 is 8.07 Å². The maximum absolute atomic E-state index is 7.59. The van der Waals surface area contributed by atoms with E-state index >= 15 is 0 Å². The molecule has 5 heteroatoms. The van der Waals surface area contributed by atoms with E-state index in [0.717, 1.165) is 30.5 Å². The molecule has 0 saturated heterocycles. The van der Waals surface area contributed by atoms with Crippen LogP contribution in [0.25, 0.3) is 22.1 Å². The molecule has 2 aliphatic carbocycles. The van der Waals surface area contributed by atoms with Crippen LogP contribution in [0, 0.1) is 13.8 Å². The molecule has 11 rings (SSSR count). The molecule has 3 nitrogen and oxygen atoms in total. The molecule has 1 aromatic heterocycles. The van der Waals surface area contributed by atoms with Crippen molar-refractivity contribution in [1.82, 2.24) is 0 Å². The van der Waals surface area contributed by atoms with Crippen molar-refractivity contribution in [2.75, 3.05) is 9.80 Å². The summed E-state index contributed by atoms with van der Waals surface area (Å²) in [7, 11) is -1.51. The number of nitrogens with zero attached hydrogens (tertiary/aromatic N) is 2. The Bertz CT molecular complexity index is 3240. The van der Waals surface area contributed by atoms with Gasteiger partial charge in [-0.3, -0.25) is 0 Å². The number of aryl methyl sites for hydroxylation is 2. The third kappa shape index (κ3) is 6.86. The Morgan fingerprint density at radius 1 is 0.544 bits per heavy atom. The third-order valence-corrected chi connectivity index (χ3v) is 19.3. The van der Waals surface area contributed by atoms with Gasteiger partial charge in [-0.05, 0) is 177 Å². The summed E-state index contributed by atoms with van der Waals surface area (Å²) in [5.74, 6) is 0. The highest BCUT2D eigenvalue weighted by Gasteiger charge is 2.49. The molecule has 0 atom stereocenters. The second kappa shape index (κ2) is 14.6. The predicted octanol–water partition coefficient (Wildman–Crippen LogP) is 15.3. The summed E-state index contributed by atoms with van der Waals surface area (Å²) < 4.78 is 7.59. The van der Waals surface area contributed by atoms with Crippen molar-refractivity contribution in [3.63, 3.8) is 0 Å². The third-order valence-electron chi connectivity index (χ3n) is 17.2. The van der Waals surface area contributed by atoms with Crippen LogP contribution in [0.2, 0.25) is 19.6 Å². The highest BCUT2D eigenvalue weighted by atomic mass is 28.3. The van der Waals surface area contributed by atoms with Crippen molar-refractivity contribution >= 4 is 81.7 Å². The van der Waals surface area contributed by atoms with Crippen LogP contribution in [0.5, 0.6) is 0 Å². The van der Waals surface area contributed by atoms with Crippen LogP contribution < -0.4 is 31.6 Å². The Hall–Kier alpha value is -5.26. The van der Waals surface area contributed by atoms with Gasteiger partial charge in [-0.1, -0.05) is 150 Å². The van der Waals surface area contributed by atoms with E-state index in [-0.39, 0.29) is 33.8 Å². The monoisotopic (exact) mass is 913 g/mol. The molecule has 7 aromatic rings. The highest BCUT2D eigenvalue weighted by molar-refractivity contribution is 7.00. The SMILES string of the molecule is Cc1ccc2c(c1)N(c1ccc(C(C)(C)C)cc1-c1ccc([Si](C)(C)C)cc1)c1cc(C)cc3c1B2c1oc2cc4c(cc2c1N3c1ccc2c(c1)C(C)(C)CCC2(C)C)C(C)(C)CCC4(C)C. The summed E-state index contributed by atoms with van der Waals surface area (Å²) in [5.41, 5.74) is 24.4. The lowest BCUT2D eigenvalue weighted by Crippen LogP contribution is -2.61. The molecule has 0 fully saturated rings. The molecule has 348 valence electrons. The van der Waals surface area contributed by atoms with Crippen molar-refractivity contribution in [2.24, 2.45) is 0 Å². The van der Waals surface area contributed by atoms with Gasteiger partial charge in [-0.15, -0.1) is 0 Å². The molecule has 0 N–H and O–H groups in total. The van der Waals surface area contributed by atoms with Crippen LogP contribution in [-0.2, 0) is 27.1 Å². The van der Waals surface area contributed by atoms with Gasteiger partial charge in [-0.25, -0.2) is 0 Å². The zero-order chi connectivity index (χ0) is 48.4. The minimum Gasteiger partial charge on any atom is -0.468 e. The molecule has 0 saturated carbocycles. The number of anilines is 6. The van der Waals surface area contributed by atoms with Gasteiger partial charge >= 0.3 is 0 Å². The van der Waals surface area contributed by atoms with E-state index in [4.69, 9.17) is 4.42 Å². The Kier molecular flexibility index (Phi) is 9.73. The van der Waals surface area contributed by atoms with Crippen LogP contribution in [0.3, 0.4) is 0 Å². The lowest BCUT2D eigenvalue weighted by Gasteiger charge is -2.45. The van der Waals surface area contributed by atoms with Crippen molar-refractivity contribution in [3.8, 4) is 11.1 Å². The number of benzene rings is 6. The molecular weight excluding hydrogens is 840 g/mol. The maximum Gasteiger partial charge on any atom is 0.297 e. The van der Waals surface area contributed by atoms with Crippen molar-refractivity contribution < 1.29 is 4.42 Å². The topological polar surface area (TPSA) is 19.6 Å². The lowest BCUT2D eigenvalue weighted by atomic mass is 9.35.